The van der Waals surface area contributed by atoms with Gasteiger partial charge in [-0.15, -0.1) is 0 Å². The summed E-state index contributed by atoms with van der Waals surface area (Å²) in [5.74, 6) is 0. The second kappa shape index (κ2) is 1.58. The molecule has 2 nitrogen and oxygen atoms in total. The predicted octanol–water partition coefficient (Wildman–Crippen LogP) is 0.553. The van der Waals surface area contributed by atoms with E-state index in [2.05, 4.69) is 4.74 Å². The minimum absolute atomic E-state index is 0.675. The highest BCUT2D eigenvalue weighted by Crippen LogP contribution is 2.07. The molecule has 0 aliphatic carbocycles. The molecule has 0 spiro atoms. The van der Waals surface area contributed by atoms with E-state index >= 15 is 0 Å². The van der Waals surface area contributed by atoms with Gasteiger partial charge in [0.15, 0.2) is 6.29 Å². The Morgan fingerprint density at radius 2 is 2.50 bits per heavy atom. The van der Waals surface area contributed by atoms with Crippen LogP contribution < -0.4 is 0 Å². The minimum atomic E-state index is -0.704. The highest BCUT2D eigenvalue weighted by Gasteiger charge is 2.11. The van der Waals surface area contributed by atoms with Crippen molar-refractivity contribution in [3.63, 3.8) is 0 Å². The number of hydrogen-bond acceptors (Lipinski definition) is 1. The Hall–Kier alpha value is -0.0800. The van der Waals surface area contributed by atoms with E-state index in [-0.39, 0.29) is 0 Å². The third kappa shape index (κ3) is 0.698. The molecule has 35 valence electrons. The molecule has 6 heavy (non-hydrogen) atoms. The predicted molar refractivity (Wildman–Crippen MR) is 19.7 cm³/mol. The van der Waals surface area contributed by atoms with Gasteiger partial charge in [0, 0.05) is 6.42 Å². The van der Waals surface area contributed by atoms with Gasteiger partial charge in [0.25, 0.3) is 0 Å². The zero-order valence-corrected chi connectivity index (χ0v) is 3.52. The second-order valence-corrected chi connectivity index (χ2v) is 1.44. The van der Waals surface area contributed by atoms with E-state index in [1.54, 1.807) is 0 Å². The molecule has 0 saturated carbocycles. The van der Waals surface area contributed by atoms with Gasteiger partial charge in [-0.2, -0.15) is 0 Å². The summed E-state index contributed by atoms with van der Waals surface area (Å²) in [5, 5.41) is 10.1. The first-order valence-electron chi connectivity index (χ1n) is 2.17. The number of ether oxygens (including phenoxy) is 1. The van der Waals surface area contributed by atoms with Crippen molar-refractivity contribution in [1.82, 2.24) is 0 Å². The average Bonchev–Trinajstić information content (AvgIpc) is 1.86. The lowest BCUT2D eigenvalue weighted by atomic mass is 10.4. The van der Waals surface area contributed by atoms with E-state index in [1.165, 1.54) is 0 Å². The molecule has 1 rings (SSSR count). The molecule has 1 fully saturated rings. The van der Waals surface area contributed by atoms with Crippen LogP contribution >= 0.6 is 0 Å². The quantitative estimate of drug-likeness (QED) is 0.424. The maximum Gasteiger partial charge on any atom is 0.191 e. The number of hydrogen-bond donors (Lipinski definition) is 0. The molecule has 0 amide bonds. The van der Waals surface area contributed by atoms with Crippen molar-refractivity contribution in [3.05, 3.63) is 0 Å². The summed E-state index contributed by atoms with van der Waals surface area (Å²) in [6.45, 7) is 0.675. The maximum atomic E-state index is 10.1. The van der Waals surface area contributed by atoms with Crippen molar-refractivity contribution in [1.29, 1.82) is 0 Å². The fourth-order valence-electron chi connectivity index (χ4n) is 0.548. The second-order valence-electron chi connectivity index (χ2n) is 1.44. The zero-order chi connectivity index (χ0) is 4.41. The van der Waals surface area contributed by atoms with Gasteiger partial charge in [-0.1, -0.05) is 0 Å². The third-order valence-corrected chi connectivity index (χ3v) is 0.888. The SMILES string of the molecule is [O]C1CCCO1. The van der Waals surface area contributed by atoms with Gasteiger partial charge in [0.1, 0.15) is 0 Å². The van der Waals surface area contributed by atoms with Crippen LogP contribution in [0.3, 0.4) is 0 Å². The Kier molecular flexibility index (Phi) is 1.08. The van der Waals surface area contributed by atoms with Crippen molar-refractivity contribution in [3.8, 4) is 0 Å². The van der Waals surface area contributed by atoms with E-state index in [1.807, 2.05) is 0 Å². The van der Waals surface area contributed by atoms with Crippen LogP contribution in [0.5, 0.6) is 0 Å². The standard InChI is InChI=1S/C4H7O2/c5-4-2-1-3-6-4/h4H,1-3H2. The van der Waals surface area contributed by atoms with Gasteiger partial charge in [-0.05, 0) is 6.42 Å². The van der Waals surface area contributed by atoms with Crippen molar-refractivity contribution < 1.29 is 9.84 Å². The normalized spacial score (nSPS) is 34.5. The molecule has 0 aromatic heterocycles. The smallest absolute Gasteiger partial charge is 0.191 e. The van der Waals surface area contributed by atoms with Crippen LogP contribution in [0.1, 0.15) is 12.8 Å². The molecule has 1 unspecified atom stereocenters. The van der Waals surface area contributed by atoms with Gasteiger partial charge in [0.2, 0.25) is 0 Å². The number of rotatable bonds is 0. The summed E-state index contributed by atoms with van der Waals surface area (Å²) < 4.78 is 4.60. The summed E-state index contributed by atoms with van der Waals surface area (Å²) in [6.07, 6.45) is 0.957. The first-order valence-corrected chi connectivity index (χ1v) is 2.17. The first-order chi connectivity index (χ1) is 2.89. The summed E-state index contributed by atoms with van der Waals surface area (Å²) in [7, 11) is 0. The molecule has 1 aliphatic rings. The molecular formula is C4H7O2. The Morgan fingerprint density at radius 3 is 2.67 bits per heavy atom. The maximum absolute atomic E-state index is 10.1. The van der Waals surface area contributed by atoms with Gasteiger partial charge in [-0.3, -0.25) is 0 Å². The molecule has 0 bridgehead atoms. The largest absolute Gasteiger partial charge is 0.350 e. The Morgan fingerprint density at radius 1 is 1.67 bits per heavy atom. The lowest BCUT2D eigenvalue weighted by molar-refractivity contribution is -0.104. The molecular weight excluding hydrogens is 80.0 g/mol. The fraction of sp³-hybridized carbons (Fsp3) is 1.00. The van der Waals surface area contributed by atoms with E-state index in [4.69, 9.17) is 0 Å². The van der Waals surface area contributed by atoms with Crippen molar-refractivity contribution >= 4 is 0 Å². The lowest BCUT2D eigenvalue weighted by Crippen LogP contribution is -1.97. The highest BCUT2D eigenvalue weighted by molar-refractivity contribution is 4.49. The summed E-state index contributed by atoms with van der Waals surface area (Å²) in [4.78, 5) is 0. The van der Waals surface area contributed by atoms with E-state index in [0.29, 0.717) is 13.0 Å². The van der Waals surface area contributed by atoms with Crippen molar-refractivity contribution in [2.45, 2.75) is 19.1 Å². The molecule has 0 N–H and O–H groups in total. The monoisotopic (exact) mass is 87.0 g/mol. The summed E-state index contributed by atoms with van der Waals surface area (Å²) >= 11 is 0. The van der Waals surface area contributed by atoms with Crippen LogP contribution in [-0.4, -0.2) is 12.9 Å². The van der Waals surface area contributed by atoms with Crippen LogP contribution in [0.4, 0.5) is 0 Å². The zero-order valence-electron chi connectivity index (χ0n) is 3.52. The Bertz CT molecular complexity index is 38.8. The van der Waals surface area contributed by atoms with Gasteiger partial charge in [0.05, 0.1) is 6.61 Å². The third-order valence-electron chi connectivity index (χ3n) is 0.888. The Labute approximate surface area is 36.7 Å². The van der Waals surface area contributed by atoms with E-state index < -0.39 is 6.29 Å². The van der Waals surface area contributed by atoms with Crippen molar-refractivity contribution in [2.24, 2.45) is 0 Å². The first kappa shape index (κ1) is 4.09. The molecule has 1 saturated heterocycles. The molecule has 1 aliphatic heterocycles. The van der Waals surface area contributed by atoms with Gasteiger partial charge >= 0.3 is 0 Å². The minimum Gasteiger partial charge on any atom is -0.350 e. The fourth-order valence-corrected chi connectivity index (χ4v) is 0.548. The van der Waals surface area contributed by atoms with Crippen molar-refractivity contribution in [2.75, 3.05) is 6.61 Å². The molecule has 0 aromatic rings. The lowest BCUT2D eigenvalue weighted by Gasteiger charge is -1.89. The van der Waals surface area contributed by atoms with E-state index in [9.17, 15) is 5.11 Å². The Balaban J connectivity index is 2.18. The van der Waals surface area contributed by atoms with Gasteiger partial charge in [-0.25, -0.2) is 5.11 Å². The molecule has 0 aromatic carbocycles. The molecule has 1 radical (unpaired) electrons. The van der Waals surface area contributed by atoms with Gasteiger partial charge < -0.3 is 4.74 Å². The van der Waals surface area contributed by atoms with Crippen LogP contribution in [0.2, 0.25) is 0 Å². The summed E-state index contributed by atoms with van der Waals surface area (Å²) in [6, 6.07) is 0. The van der Waals surface area contributed by atoms with E-state index in [0.717, 1.165) is 6.42 Å². The molecule has 1 atom stereocenters. The van der Waals surface area contributed by atoms with Crippen LogP contribution in [0, 0.1) is 0 Å². The molecule has 1 heterocycles. The van der Waals surface area contributed by atoms with Crippen LogP contribution in [0.15, 0.2) is 0 Å². The van der Waals surface area contributed by atoms with Crippen LogP contribution in [0.25, 0.3) is 0 Å². The highest BCUT2D eigenvalue weighted by atomic mass is 16.6. The average molecular weight is 87.1 g/mol. The topological polar surface area (TPSA) is 29.1 Å². The van der Waals surface area contributed by atoms with Crippen LogP contribution in [-0.2, 0) is 9.84 Å². The summed E-state index contributed by atoms with van der Waals surface area (Å²) in [5.41, 5.74) is 0. The molecule has 2 heteroatoms.